The number of hydrogen-bond acceptors (Lipinski definition) is 1. The van der Waals surface area contributed by atoms with Crippen LogP contribution in [0.25, 0.3) is 0 Å². The summed E-state index contributed by atoms with van der Waals surface area (Å²) in [5.74, 6) is 2.38. The van der Waals surface area contributed by atoms with E-state index in [-0.39, 0.29) is 0 Å². The summed E-state index contributed by atoms with van der Waals surface area (Å²) < 4.78 is 7.11. The van der Waals surface area contributed by atoms with Gasteiger partial charge in [0.05, 0.1) is 0 Å². The Morgan fingerprint density at radius 3 is 2.62 bits per heavy atom. The molecule has 0 spiro atoms. The van der Waals surface area contributed by atoms with Crippen LogP contribution in [0.5, 0.6) is 0 Å². The minimum atomic E-state index is -1.60. The third-order valence-corrected chi connectivity index (χ3v) is 11.2. The van der Waals surface area contributed by atoms with E-state index in [1.807, 2.05) is 0 Å². The van der Waals surface area contributed by atoms with Crippen molar-refractivity contribution in [2.75, 3.05) is 6.16 Å². The minimum absolute atomic E-state index is 0.529. The molecule has 0 radical (unpaired) electrons. The van der Waals surface area contributed by atoms with E-state index < -0.39 is 7.37 Å². The van der Waals surface area contributed by atoms with Gasteiger partial charge >= 0.3 is 150 Å². The molecule has 3 unspecified atom stereocenters. The van der Waals surface area contributed by atoms with Crippen LogP contribution >= 0.6 is 7.37 Å². The molecule has 1 nitrogen and oxygen atoms in total. The van der Waals surface area contributed by atoms with Crippen LogP contribution in [0.4, 0.5) is 0 Å². The van der Waals surface area contributed by atoms with Crippen LogP contribution in [-0.2, 0) is 10.9 Å². The van der Waals surface area contributed by atoms with Gasteiger partial charge in [0, 0.05) is 0 Å². The van der Waals surface area contributed by atoms with E-state index in [0.717, 1.165) is 23.4 Å². The summed E-state index contributed by atoms with van der Waals surface area (Å²) in [4.78, 5) is 0. The Morgan fingerprint density at radius 2 is 1.92 bits per heavy atom. The standard InChI is InChI=1S/C21H36BOP/c1-16(2)20-12-11-17(3)14-21(20)23-24(22)13-7-10-19(24)15-18-8-5-4-6-9-18/h4-6,8-9,16-17,19-21,24H,7,10-15,22H2,1-3H3/t17?,19-,20?,21?/m1/s1. The van der Waals surface area contributed by atoms with E-state index in [1.165, 1.54) is 50.3 Å². The van der Waals surface area contributed by atoms with Crippen LogP contribution in [0.3, 0.4) is 0 Å². The van der Waals surface area contributed by atoms with Crippen molar-refractivity contribution in [3.8, 4) is 0 Å². The van der Waals surface area contributed by atoms with Crippen molar-refractivity contribution in [3.05, 3.63) is 35.9 Å². The molecule has 0 N–H and O–H groups in total. The number of hydrogen-bond donors (Lipinski definition) is 0. The summed E-state index contributed by atoms with van der Waals surface area (Å²) in [5, 5.41) is 0. The second-order valence-electron chi connectivity index (χ2n) is 9.07. The quantitative estimate of drug-likeness (QED) is 0.534. The average Bonchev–Trinajstić information content (AvgIpc) is 2.88. The van der Waals surface area contributed by atoms with Crippen LogP contribution in [0, 0.1) is 17.8 Å². The van der Waals surface area contributed by atoms with Gasteiger partial charge in [0.15, 0.2) is 0 Å². The predicted molar refractivity (Wildman–Crippen MR) is 111 cm³/mol. The Kier molecular flexibility index (Phi) is 6.09. The van der Waals surface area contributed by atoms with Crippen molar-refractivity contribution in [3.63, 3.8) is 0 Å². The van der Waals surface area contributed by atoms with Crippen LogP contribution in [-0.4, -0.2) is 25.5 Å². The van der Waals surface area contributed by atoms with E-state index >= 15 is 0 Å². The summed E-state index contributed by atoms with van der Waals surface area (Å²) in [5.41, 5.74) is 2.31. The summed E-state index contributed by atoms with van der Waals surface area (Å²) in [6, 6.07) is 11.1. The van der Waals surface area contributed by atoms with Gasteiger partial charge < -0.3 is 0 Å². The third-order valence-electron chi connectivity index (χ3n) is 6.80. The van der Waals surface area contributed by atoms with Gasteiger partial charge in [-0.05, 0) is 0 Å². The molecular weight excluding hydrogens is 310 g/mol. The van der Waals surface area contributed by atoms with E-state index in [4.69, 9.17) is 4.52 Å². The van der Waals surface area contributed by atoms with Crippen LogP contribution in [0.2, 0.25) is 0 Å². The molecule has 0 aromatic heterocycles. The molecule has 3 rings (SSSR count). The third kappa shape index (κ3) is 4.25. The van der Waals surface area contributed by atoms with Crippen molar-refractivity contribution in [1.29, 1.82) is 0 Å². The second kappa shape index (κ2) is 7.92. The van der Waals surface area contributed by atoms with Crippen LogP contribution < -0.4 is 0 Å². The molecule has 1 heterocycles. The van der Waals surface area contributed by atoms with Crippen molar-refractivity contribution >= 4 is 14.9 Å². The van der Waals surface area contributed by atoms with Crippen molar-refractivity contribution in [1.82, 2.24) is 0 Å². The molecule has 2 aliphatic rings. The first-order valence-corrected chi connectivity index (χ1v) is 12.9. The van der Waals surface area contributed by atoms with Crippen molar-refractivity contribution in [2.24, 2.45) is 17.8 Å². The zero-order valence-corrected chi connectivity index (χ0v) is 17.1. The first kappa shape index (κ1) is 18.5. The summed E-state index contributed by atoms with van der Waals surface area (Å²) in [6.07, 6.45) is 9.97. The Morgan fingerprint density at radius 1 is 1.17 bits per heavy atom. The molecule has 1 aromatic carbocycles. The van der Waals surface area contributed by atoms with Crippen LogP contribution in [0.1, 0.15) is 58.4 Å². The maximum atomic E-state index is 7.11. The zero-order chi connectivity index (χ0) is 17.2. The topological polar surface area (TPSA) is 9.23 Å². The van der Waals surface area contributed by atoms with Crippen LogP contribution in [0.15, 0.2) is 30.3 Å². The predicted octanol–water partition coefficient (Wildman–Crippen LogP) is 5.08. The molecule has 1 saturated carbocycles. The molecule has 134 valence electrons. The van der Waals surface area contributed by atoms with Gasteiger partial charge in [0.25, 0.3) is 0 Å². The molecule has 1 saturated heterocycles. The van der Waals surface area contributed by atoms with Gasteiger partial charge in [-0.2, -0.15) is 0 Å². The van der Waals surface area contributed by atoms with E-state index in [9.17, 15) is 0 Å². The molecular formula is C21H36BOP. The SMILES string of the molecule is B[PH]1(OC2CC(C)CCC2C(C)C)CCC[C@@H]1Cc1ccccc1. The van der Waals surface area contributed by atoms with Gasteiger partial charge in [-0.15, -0.1) is 0 Å². The summed E-state index contributed by atoms with van der Waals surface area (Å²) >= 11 is 0. The first-order chi connectivity index (χ1) is 11.5. The fourth-order valence-electron chi connectivity index (χ4n) is 5.18. The molecule has 3 heteroatoms. The molecule has 0 amide bonds. The first-order valence-electron chi connectivity index (χ1n) is 10.2. The van der Waals surface area contributed by atoms with Crippen molar-refractivity contribution in [2.45, 2.75) is 71.1 Å². The Labute approximate surface area is 150 Å². The number of rotatable bonds is 5. The van der Waals surface area contributed by atoms with Gasteiger partial charge in [-0.1, -0.05) is 0 Å². The number of benzene rings is 1. The molecule has 1 aliphatic carbocycles. The summed E-state index contributed by atoms with van der Waals surface area (Å²) in [6.45, 7) is 7.22. The molecule has 24 heavy (non-hydrogen) atoms. The van der Waals surface area contributed by atoms with Gasteiger partial charge in [-0.3, -0.25) is 0 Å². The van der Waals surface area contributed by atoms with Gasteiger partial charge in [-0.25, -0.2) is 0 Å². The normalized spacial score (nSPS) is 34.3. The fraction of sp³-hybridized carbons (Fsp3) is 0.714. The van der Waals surface area contributed by atoms with Gasteiger partial charge in [0.2, 0.25) is 0 Å². The molecule has 1 aliphatic heterocycles. The second-order valence-corrected chi connectivity index (χ2v) is 13.3. The fourth-order valence-corrected chi connectivity index (χ4v) is 9.25. The molecule has 1 aromatic rings. The Bertz CT molecular complexity index is 520. The monoisotopic (exact) mass is 346 g/mol. The maximum absolute atomic E-state index is 7.11. The Hall–Kier alpha value is -0.325. The van der Waals surface area contributed by atoms with Gasteiger partial charge in [0.1, 0.15) is 0 Å². The molecule has 2 fully saturated rings. The van der Waals surface area contributed by atoms with Crippen molar-refractivity contribution < 1.29 is 4.52 Å². The molecule has 0 bridgehead atoms. The zero-order valence-electron chi connectivity index (χ0n) is 16.1. The van der Waals surface area contributed by atoms with E-state index in [2.05, 4.69) is 58.7 Å². The summed E-state index contributed by atoms with van der Waals surface area (Å²) in [7, 11) is 0.943. The van der Waals surface area contributed by atoms with E-state index in [1.54, 1.807) is 0 Å². The average molecular weight is 346 g/mol. The van der Waals surface area contributed by atoms with E-state index in [0.29, 0.717) is 6.10 Å². The Balaban J connectivity index is 1.71. The molecule has 4 atom stereocenters.